The predicted octanol–water partition coefficient (Wildman–Crippen LogP) is 1.76. The van der Waals surface area contributed by atoms with Crippen molar-refractivity contribution in [2.75, 3.05) is 6.67 Å². The smallest absolute Gasteiger partial charge is 0.423 e. The SMILES string of the molecule is O=C1OC(CF)C(C(F)F)(C(F)F)O1. The van der Waals surface area contributed by atoms with Gasteiger partial charge in [0, 0.05) is 0 Å². The minimum absolute atomic E-state index is 1.65. The summed E-state index contributed by atoms with van der Waals surface area (Å²) in [6, 6.07) is 0. The van der Waals surface area contributed by atoms with E-state index in [1.807, 2.05) is 0 Å². The maximum absolute atomic E-state index is 12.3. The Morgan fingerprint density at radius 3 is 2.07 bits per heavy atom. The summed E-state index contributed by atoms with van der Waals surface area (Å²) in [4.78, 5) is 10.4. The Hall–Kier alpha value is -1.08. The number of hydrogen-bond acceptors (Lipinski definition) is 3. The van der Waals surface area contributed by atoms with E-state index in [-0.39, 0.29) is 0 Å². The predicted molar refractivity (Wildman–Crippen MR) is 32.1 cm³/mol. The largest absolute Gasteiger partial charge is 0.509 e. The molecule has 0 amide bonds. The van der Waals surface area contributed by atoms with Crippen molar-refractivity contribution in [3.8, 4) is 0 Å². The first-order valence-electron chi connectivity index (χ1n) is 3.47. The molecular weight excluding hydrogens is 215 g/mol. The first kappa shape index (κ1) is 11.0. The highest BCUT2D eigenvalue weighted by Gasteiger charge is 2.65. The van der Waals surface area contributed by atoms with Gasteiger partial charge in [0.2, 0.25) is 0 Å². The molecule has 8 heteroatoms. The molecule has 0 radical (unpaired) electrons. The van der Waals surface area contributed by atoms with Crippen molar-refractivity contribution in [2.24, 2.45) is 0 Å². The number of halogens is 5. The summed E-state index contributed by atoms with van der Waals surface area (Å²) < 4.78 is 68.6. The molecule has 1 atom stereocenters. The second kappa shape index (κ2) is 3.58. The molecule has 0 spiro atoms. The number of alkyl halides is 5. The molecular formula is C6H5F5O3. The fourth-order valence-electron chi connectivity index (χ4n) is 1.06. The fourth-order valence-corrected chi connectivity index (χ4v) is 1.06. The van der Waals surface area contributed by atoms with Gasteiger partial charge in [0.05, 0.1) is 0 Å². The molecule has 1 heterocycles. The van der Waals surface area contributed by atoms with E-state index >= 15 is 0 Å². The standard InChI is InChI=1S/C6H5F5O3/c7-1-2-6(3(8)9,4(10)11)14-5(12)13-2/h2-4H,1H2. The van der Waals surface area contributed by atoms with E-state index in [2.05, 4.69) is 9.47 Å². The molecule has 0 aromatic rings. The zero-order valence-corrected chi connectivity index (χ0v) is 6.55. The van der Waals surface area contributed by atoms with Crippen molar-refractivity contribution in [1.82, 2.24) is 0 Å². The highest BCUT2D eigenvalue weighted by Crippen LogP contribution is 2.38. The molecule has 1 aliphatic heterocycles. The zero-order valence-electron chi connectivity index (χ0n) is 6.55. The average Bonchev–Trinajstić information content (AvgIpc) is 2.43. The molecule has 0 aromatic carbocycles. The van der Waals surface area contributed by atoms with Crippen LogP contribution in [0.4, 0.5) is 26.7 Å². The van der Waals surface area contributed by atoms with Gasteiger partial charge in [-0.2, -0.15) is 0 Å². The lowest BCUT2D eigenvalue weighted by molar-refractivity contribution is -0.178. The van der Waals surface area contributed by atoms with Gasteiger partial charge >= 0.3 is 6.16 Å². The molecule has 0 aliphatic carbocycles. The van der Waals surface area contributed by atoms with Gasteiger partial charge < -0.3 is 9.47 Å². The summed E-state index contributed by atoms with van der Waals surface area (Å²) in [5.41, 5.74) is -3.48. The number of ether oxygens (including phenoxy) is 2. The second-order valence-electron chi connectivity index (χ2n) is 2.57. The Morgan fingerprint density at radius 2 is 1.79 bits per heavy atom. The minimum atomic E-state index is -3.71. The third kappa shape index (κ3) is 1.38. The van der Waals surface area contributed by atoms with Crippen molar-refractivity contribution in [3.05, 3.63) is 0 Å². The third-order valence-electron chi connectivity index (χ3n) is 1.82. The summed E-state index contributed by atoms with van der Waals surface area (Å²) >= 11 is 0. The van der Waals surface area contributed by atoms with Crippen LogP contribution in [0.5, 0.6) is 0 Å². The Bertz CT molecular complexity index is 224. The molecule has 82 valence electrons. The van der Waals surface area contributed by atoms with E-state index in [1.54, 1.807) is 0 Å². The molecule has 1 rings (SSSR count). The number of carbonyl (C=O) groups excluding carboxylic acids is 1. The number of carbonyl (C=O) groups is 1. The minimum Gasteiger partial charge on any atom is -0.423 e. The van der Waals surface area contributed by atoms with Crippen molar-refractivity contribution >= 4 is 6.16 Å². The van der Waals surface area contributed by atoms with E-state index in [4.69, 9.17) is 0 Å². The average molecular weight is 220 g/mol. The van der Waals surface area contributed by atoms with Crippen LogP contribution < -0.4 is 0 Å². The Balaban J connectivity index is 3.01. The maximum atomic E-state index is 12.3. The topological polar surface area (TPSA) is 35.5 Å². The summed E-state index contributed by atoms with van der Waals surface area (Å²) in [5.74, 6) is 0. The summed E-state index contributed by atoms with van der Waals surface area (Å²) in [6.07, 6.45) is -11.4. The fraction of sp³-hybridized carbons (Fsp3) is 0.833. The first-order chi connectivity index (χ1) is 6.45. The lowest BCUT2D eigenvalue weighted by Crippen LogP contribution is -2.53. The molecule has 1 saturated heterocycles. The molecule has 1 unspecified atom stereocenters. The van der Waals surface area contributed by atoms with Gasteiger partial charge in [-0.25, -0.2) is 26.7 Å². The molecule has 0 bridgehead atoms. The Labute approximate surface area is 74.8 Å². The molecule has 0 N–H and O–H groups in total. The second-order valence-corrected chi connectivity index (χ2v) is 2.57. The quantitative estimate of drug-likeness (QED) is 0.537. The van der Waals surface area contributed by atoms with Crippen LogP contribution in [0.1, 0.15) is 0 Å². The van der Waals surface area contributed by atoms with Crippen molar-refractivity contribution < 1.29 is 36.2 Å². The van der Waals surface area contributed by atoms with Crippen molar-refractivity contribution in [2.45, 2.75) is 24.6 Å². The normalized spacial score (nSPS) is 25.4. The molecule has 0 aromatic heterocycles. The van der Waals surface area contributed by atoms with Crippen LogP contribution in [-0.2, 0) is 9.47 Å². The zero-order chi connectivity index (χ0) is 10.9. The summed E-state index contributed by atoms with van der Waals surface area (Å²) in [6.45, 7) is -1.65. The van der Waals surface area contributed by atoms with Gasteiger partial charge in [-0.05, 0) is 0 Å². The van der Waals surface area contributed by atoms with E-state index in [1.165, 1.54) is 0 Å². The van der Waals surface area contributed by atoms with E-state index in [0.29, 0.717) is 0 Å². The van der Waals surface area contributed by atoms with Crippen molar-refractivity contribution in [3.63, 3.8) is 0 Å². The van der Waals surface area contributed by atoms with Gasteiger partial charge in [-0.1, -0.05) is 0 Å². The summed E-state index contributed by atoms with van der Waals surface area (Å²) in [7, 11) is 0. The van der Waals surface area contributed by atoms with Crippen LogP contribution in [0, 0.1) is 0 Å². The van der Waals surface area contributed by atoms with Crippen LogP contribution in [-0.4, -0.2) is 37.4 Å². The lowest BCUT2D eigenvalue weighted by atomic mass is 9.99. The maximum Gasteiger partial charge on any atom is 0.509 e. The number of rotatable bonds is 3. The first-order valence-corrected chi connectivity index (χ1v) is 3.47. The van der Waals surface area contributed by atoms with Crippen molar-refractivity contribution in [1.29, 1.82) is 0 Å². The van der Waals surface area contributed by atoms with Gasteiger partial charge in [0.15, 0.2) is 6.10 Å². The van der Waals surface area contributed by atoms with E-state index in [9.17, 15) is 26.7 Å². The third-order valence-corrected chi connectivity index (χ3v) is 1.82. The highest BCUT2D eigenvalue weighted by molar-refractivity contribution is 5.63. The van der Waals surface area contributed by atoms with Gasteiger partial charge in [0.1, 0.15) is 6.67 Å². The summed E-state index contributed by atoms with van der Waals surface area (Å²) in [5, 5.41) is 0. The van der Waals surface area contributed by atoms with Crippen LogP contribution >= 0.6 is 0 Å². The van der Waals surface area contributed by atoms with Crippen LogP contribution in [0.2, 0.25) is 0 Å². The molecule has 1 aliphatic rings. The number of cyclic esters (lactones) is 2. The van der Waals surface area contributed by atoms with Crippen LogP contribution in [0.15, 0.2) is 0 Å². The van der Waals surface area contributed by atoms with Crippen LogP contribution in [0.25, 0.3) is 0 Å². The lowest BCUT2D eigenvalue weighted by Gasteiger charge is -2.27. The van der Waals surface area contributed by atoms with Gasteiger partial charge in [-0.3, -0.25) is 0 Å². The van der Waals surface area contributed by atoms with E-state index in [0.717, 1.165) is 0 Å². The monoisotopic (exact) mass is 220 g/mol. The van der Waals surface area contributed by atoms with Gasteiger partial charge in [-0.15, -0.1) is 0 Å². The molecule has 14 heavy (non-hydrogen) atoms. The van der Waals surface area contributed by atoms with Gasteiger partial charge in [0.25, 0.3) is 18.5 Å². The van der Waals surface area contributed by atoms with E-state index < -0.39 is 37.4 Å². The number of hydrogen-bond donors (Lipinski definition) is 0. The molecule has 3 nitrogen and oxygen atoms in total. The van der Waals surface area contributed by atoms with Crippen LogP contribution in [0.3, 0.4) is 0 Å². The molecule has 0 saturated carbocycles. The highest BCUT2D eigenvalue weighted by atomic mass is 19.3. The Kier molecular flexibility index (Phi) is 2.81. The Morgan fingerprint density at radius 1 is 1.29 bits per heavy atom. The molecule has 1 fully saturated rings.